The van der Waals surface area contributed by atoms with Crippen molar-refractivity contribution in [2.24, 2.45) is 0 Å². The number of nitrogens with one attached hydrogen (secondary N) is 1. The van der Waals surface area contributed by atoms with Crippen molar-refractivity contribution in [1.29, 1.82) is 0 Å². The maximum absolute atomic E-state index is 14.1. The Kier molecular flexibility index (Phi) is 10.3. The molecule has 0 unspecified atom stereocenters. The summed E-state index contributed by atoms with van der Waals surface area (Å²) in [5.41, 5.74) is 3.22. The lowest BCUT2D eigenvalue weighted by atomic mass is 10.1. The first-order valence-electron chi connectivity index (χ1n) is 14.1. The average molecular weight is 657 g/mol. The number of hydrogen-bond acceptors (Lipinski definition) is 5. The maximum atomic E-state index is 14.1. The van der Waals surface area contributed by atoms with Crippen molar-refractivity contribution in [3.05, 3.63) is 87.9 Å². The molecule has 3 aromatic rings. The fourth-order valence-corrected chi connectivity index (χ4v) is 7.17. The number of anilines is 1. The fourth-order valence-electron chi connectivity index (χ4n) is 5.04. The van der Waals surface area contributed by atoms with E-state index in [9.17, 15) is 18.0 Å². The second-order valence-corrected chi connectivity index (χ2v) is 13.5. The van der Waals surface area contributed by atoms with Crippen LogP contribution in [0.2, 0.25) is 0 Å². The number of carbonyl (C=O) groups excluding carboxylic acids is 2. The van der Waals surface area contributed by atoms with Gasteiger partial charge < -0.3 is 15.0 Å². The minimum absolute atomic E-state index is 0.000611. The molecule has 0 heterocycles. The molecular weight excluding hydrogens is 618 g/mol. The number of carbonyl (C=O) groups is 2. The van der Waals surface area contributed by atoms with Gasteiger partial charge in [-0.05, 0) is 85.4 Å². The van der Waals surface area contributed by atoms with Gasteiger partial charge in [0.25, 0.3) is 10.0 Å². The summed E-state index contributed by atoms with van der Waals surface area (Å²) in [6.45, 7) is 5.26. The van der Waals surface area contributed by atoms with E-state index in [2.05, 4.69) is 21.2 Å². The van der Waals surface area contributed by atoms with Gasteiger partial charge in [0.1, 0.15) is 18.3 Å². The third-order valence-corrected chi connectivity index (χ3v) is 10.0. The molecule has 0 bridgehead atoms. The molecule has 1 N–H and O–H groups in total. The van der Waals surface area contributed by atoms with Crippen LogP contribution in [0.15, 0.2) is 76.1 Å². The normalized spacial score (nSPS) is 14.3. The SMILES string of the molecule is COc1ccc(S(=O)(=O)N(CC(=O)N(Cc2ccc(C)cc2)[C@@H](C)C(=O)NC2CCCC2)c2ccc(C)cc2)cc1Br. The third kappa shape index (κ3) is 7.52. The Morgan fingerprint density at radius 2 is 1.57 bits per heavy atom. The van der Waals surface area contributed by atoms with E-state index in [1.807, 2.05) is 38.1 Å². The van der Waals surface area contributed by atoms with Crippen molar-refractivity contribution in [1.82, 2.24) is 10.2 Å². The zero-order chi connectivity index (χ0) is 30.4. The highest BCUT2D eigenvalue weighted by atomic mass is 79.9. The summed E-state index contributed by atoms with van der Waals surface area (Å²) in [5, 5.41) is 3.09. The van der Waals surface area contributed by atoms with Gasteiger partial charge in [-0.1, -0.05) is 60.4 Å². The van der Waals surface area contributed by atoms with Crippen molar-refractivity contribution >= 4 is 43.5 Å². The van der Waals surface area contributed by atoms with E-state index in [1.54, 1.807) is 37.3 Å². The summed E-state index contributed by atoms with van der Waals surface area (Å²) in [7, 11) is -2.69. The molecule has 1 aliphatic rings. The van der Waals surface area contributed by atoms with Gasteiger partial charge >= 0.3 is 0 Å². The molecule has 1 fully saturated rings. The highest BCUT2D eigenvalue weighted by Crippen LogP contribution is 2.31. The van der Waals surface area contributed by atoms with Gasteiger partial charge in [0.05, 0.1) is 22.2 Å². The molecule has 2 amide bonds. The van der Waals surface area contributed by atoms with Crippen LogP contribution >= 0.6 is 15.9 Å². The molecular formula is C32H38BrN3O5S. The van der Waals surface area contributed by atoms with Gasteiger partial charge in [-0.3, -0.25) is 13.9 Å². The molecule has 8 nitrogen and oxygen atoms in total. The number of sulfonamides is 1. The van der Waals surface area contributed by atoms with Crippen LogP contribution in [0.25, 0.3) is 0 Å². The van der Waals surface area contributed by atoms with Gasteiger partial charge in [-0.25, -0.2) is 8.42 Å². The number of aryl methyl sites for hydroxylation is 2. The Morgan fingerprint density at radius 1 is 0.976 bits per heavy atom. The van der Waals surface area contributed by atoms with E-state index in [-0.39, 0.29) is 23.4 Å². The van der Waals surface area contributed by atoms with Crippen LogP contribution in [0.5, 0.6) is 5.75 Å². The second kappa shape index (κ2) is 13.7. The van der Waals surface area contributed by atoms with E-state index in [0.29, 0.717) is 15.9 Å². The minimum Gasteiger partial charge on any atom is -0.496 e. The first-order chi connectivity index (χ1) is 20.0. The Balaban J connectivity index is 1.69. The smallest absolute Gasteiger partial charge is 0.264 e. The summed E-state index contributed by atoms with van der Waals surface area (Å²) in [4.78, 5) is 28.9. The van der Waals surface area contributed by atoms with Crippen molar-refractivity contribution in [2.75, 3.05) is 18.0 Å². The van der Waals surface area contributed by atoms with Gasteiger partial charge in [-0.15, -0.1) is 0 Å². The number of ether oxygens (including phenoxy) is 1. The van der Waals surface area contributed by atoms with E-state index in [0.717, 1.165) is 46.7 Å². The van der Waals surface area contributed by atoms with E-state index in [4.69, 9.17) is 4.74 Å². The molecule has 4 rings (SSSR count). The van der Waals surface area contributed by atoms with E-state index < -0.39 is 28.5 Å². The highest BCUT2D eigenvalue weighted by molar-refractivity contribution is 9.10. The standard InChI is InChI=1S/C32H38BrN3O5S/c1-22-9-13-25(14-10-22)20-35(24(3)32(38)34-26-7-5-6-8-26)31(37)21-36(27-15-11-23(2)12-16-27)42(39,40)28-17-18-30(41-4)29(33)19-28/h9-19,24,26H,5-8,20-21H2,1-4H3,(H,34,38)/t24-/m0/s1. The predicted octanol–water partition coefficient (Wildman–Crippen LogP) is 5.75. The Bertz CT molecular complexity index is 1500. The molecule has 0 spiro atoms. The molecule has 3 aromatic carbocycles. The van der Waals surface area contributed by atoms with Crippen LogP contribution in [-0.4, -0.2) is 50.9 Å². The van der Waals surface area contributed by atoms with Crippen LogP contribution in [0.3, 0.4) is 0 Å². The van der Waals surface area contributed by atoms with Crippen LogP contribution in [-0.2, 0) is 26.2 Å². The average Bonchev–Trinajstić information content (AvgIpc) is 3.48. The van der Waals surface area contributed by atoms with Crippen molar-refractivity contribution < 1.29 is 22.7 Å². The number of hydrogen-bond donors (Lipinski definition) is 1. The van der Waals surface area contributed by atoms with Crippen LogP contribution in [0, 0.1) is 13.8 Å². The molecule has 1 aliphatic carbocycles. The van der Waals surface area contributed by atoms with Crippen LogP contribution in [0.4, 0.5) is 5.69 Å². The Morgan fingerprint density at radius 3 is 2.14 bits per heavy atom. The number of benzene rings is 3. The van der Waals surface area contributed by atoms with E-state index in [1.165, 1.54) is 24.1 Å². The summed E-state index contributed by atoms with van der Waals surface area (Å²) in [5.74, 6) is -0.245. The number of amides is 2. The van der Waals surface area contributed by atoms with Crippen LogP contribution in [0.1, 0.15) is 49.3 Å². The third-order valence-electron chi connectivity index (χ3n) is 7.65. The molecule has 1 atom stereocenters. The van der Waals surface area contributed by atoms with Gasteiger partial charge in [0, 0.05) is 12.6 Å². The predicted molar refractivity (Wildman–Crippen MR) is 168 cm³/mol. The van der Waals surface area contributed by atoms with Gasteiger partial charge in [0.2, 0.25) is 11.8 Å². The Labute approximate surface area is 257 Å². The van der Waals surface area contributed by atoms with Crippen molar-refractivity contribution in [3.63, 3.8) is 0 Å². The zero-order valence-corrected chi connectivity index (χ0v) is 26.9. The fraction of sp³-hybridized carbons (Fsp3) is 0.375. The topological polar surface area (TPSA) is 96.0 Å². The molecule has 224 valence electrons. The summed E-state index contributed by atoms with van der Waals surface area (Å²) < 4.78 is 35.0. The molecule has 42 heavy (non-hydrogen) atoms. The number of nitrogens with zero attached hydrogens (tertiary/aromatic N) is 2. The Hall–Kier alpha value is -3.37. The number of rotatable bonds is 11. The molecule has 0 saturated heterocycles. The monoisotopic (exact) mass is 655 g/mol. The summed E-state index contributed by atoms with van der Waals surface area (Å²) in [6, 6.07) is 18.4. The van der Waals surface area contributed by atoms with Gasteiger partial charge in [0.15, 0.2) is 0 Å². The van der Waals surface area contributed by atoms with Crippen LogP contribution < -0.4 is 14.4 Å². The first-order valence-corrected chi connectivity index (χ1v) is 16.3. The second-order valence-electron chi connectivity index (χ2n) is 10.8. The first kappa shape index (κ1) is 31.6. The lowest BCUT2D eigenvalue weighted by molar-refractivity contribution is -0.139. The molecule has 1 saturated carbocycles. The summed E-state index contributed by atoms with van der Waals surface area (Å²) in [6.07, 6.45) is 3.97. The van der Waals surface area contributed by atoms with Crippen molar-refractivity contribution in [3.8, 4) is 5.75 Å². The number of halogens is 1. The molecule has 0 aromatic heterocycles. The zero-order valence-electron chi connectivity index (χ0n) is 24.5. The minimum atomic E-state index is -4.19. The lowest BCUT2D eigenvalue weighted by Gasteiger charge is -2.32. The largest absolute Gasteiger partial charge is 0.496 e. The number of methoxy groups -OCH3 is 1. The molecule has 0 radical (unpaired) electrons. The quantitative estimate of drug-likeness (QED) is 0.284. The molecule has 0 aliphatic heterocycles. The lowest BCUT2D eigenvalue weighted by Crippen LogP contribution is -2.52. The molecule has 10 heteroatoms. The maximum Gasteiger partial charge on any atom is 0.264 e. The van der Waals surface area contributed by atoms with E-state index >= 15 is 0 Å². The highest BCUT2D eigenvalue weighted by Gasteiger charge is 2.33. The van der Waals surface area contributed by atoms with Gasteiger partial charge in [-0.2, -0.15) is 0 Å². The summed E-state index contributed by atoms with van der Waals surface area (Å²) >= 11 is 3.37. The van der Waals surface area contributed by atoms with Crippen molar-refractivity contribution in [2.45, 2.75) is 70.0 Å².